The van der Waals surface area contributed by atoms with Crippen molar-refractivity contribution >= 4 is 0 Å². The topological polar surface area (TPSA) is 51.2 Å². The first kappa shape index (κ1) is 11.5. The molecule has 1 aliphatic carbocycles. The summed E-state index contributed by atoms with van der Waals surface area (Å²) >= 11 is 0. The summed E-state index contributed by atoms with van der Waals surface area (Å²) in [5.74, 6) is 0.837. The molecule has 3 rings (SSSR count). The fourth-order valence-electron chi connectivity index (χ4n) is 2.82. The third-order valence-electron chi connectivity index (χ3n) is 3.70. The van der Waals surface area contributed by atoms with Crippen molar-refractivity contribution in [2.75, 3.05) is 0 Å². The predicted octanol–water partition coefficient (Wildman–Crippen LogP) is 2.51. The SMILES string of the molecule is Cc1cc(Cn2c(C)cc3c2CCCC3O)no1. The van der Waals surface area contributed by atoms with Crippen molar-refractivity contribution < 1.29 is 9.63 Å². The Bertz CT molecular complexity index is 568. The van der Waals surface area contributed by atoms with Crippen molar-refractivity contribution in [2.24, 2.45) is 0 Å². The fraction of sp³-hybridized carbons (Fsp3) is 0.500. The van der Waals surface area contributed by atoms with Gasteiger partial charge in [-0.3, -0.25) is 0 Å². The second-order valence-electron chi connectivity index (χ2n) is 5.11. The van der Waals surface area contributed by atoms with E-state index < -0.39 is 0 Å². The Morgan fingerprint density at radius 1 is 1.44 bits per heavy atom. The molecule has 0 aliphatic heterocycles. The van der Waals surface area contributed by atoms with E-state index in [0.29, 0.717) is 0 Å². The number of aliphatic hydroxyl groups is 1. The van der Waals surface area contributed by atoms with E-state index in [1.54, 1.807) is 0 Å². The smallest absolute Gasteiger partial charge is 0.133 e. The maximum Gasteiger partial charge on any atom is 0.133 e. The molecule has 1 aliphatic rings. The minimum Gasteiger partial charge on any atom is -0.388 e. The average molecular weight is 246 g/mol. The standard InChI is InChI=1S/C14H18N2O2/c1-9-6-12-13(4-3-5-14(12)17)16(9)8-11-7-10(2)18-15-11/h6-7,14,17H,3-5,8H2,1-2H3. The summed E-state index contributed by atoms with van der Waals surface area (Å²) in [6, 6.07) is 4.07. The molecule has 0 amide bonds. The van der Waals surface area contributed by atoms with Crippen LogP contribution in [0, 0.1) is 13.8 Å². The molecule has 1 N–H and O–H groups in total. The van der Waals surface area contributed by atoms with Gasteiger partial charge in [0.15, 0.2) is 0 Å². The van der Waals surface area contributed by atoms with Gasteiger partial charge in [0.2, 0.25) is 0 Å². The number of aryl methyl sites for hydroxylation is 2. The van der Waals surface area contributed by atoms with Crippen LogP contribution in [0.15, 0.2) is 16.7 Å². The fourth-order valence-corrected chi connectivity index (χ4v) is 2.82. The van der Waals surface area contributed by atoms with Gasteiger partial charge in [-0.1, -0.05) is 5.16 Å². The number of aromatic nitrogens is 2. The van der Waals surface area contributed by atoms with E-state index in [1.165, 1.54) is 11.4 Å². The van der Waals surface area contributed by atoms with Crippen molar-refractivity contribution in [1.29, 1.82) is 0 Å². The molecule has 0 radical (unpaired) electrons. The van der Waals surface area contributed by atoms with Crippen LogP contribution in [0.1, 0.15) is 47.4 Å². The molecule has 0 saturated heterocycles. The van der Waals surface area contributed by atoms with Crippen LogP contribution in [0.5, 0.6) is 0 Å². The molecule has 96 valence electrons. The molecule has 4 nitrogen and oxygen atoms in total. The van der Waals surface area contributed by atoms with Crippen LogP contribution in [0.25, 0.3) is 0 Å². The quantitative estimate of drug-likeness (QED) is 0.885. The van der Waals surface area contributed by atoms with Gasteiger partial charge in [0, 0.05) is 23.0 Å². The van der Waals surface area contributed by atoms with Crippen molar-refractivity contribution in [1.82, 2.24) is 9.72 Å². The van der Waals surface area contributed by atoms with Gasteiger partial charge in [0.25, 0.3) is 0 Å². The van der Waals surface area contributed by atoms with E-state index in [4.69, 9.17) is 4.52 Å². The van der Waals surface area contributed by atoms with Crippen LogP contribution in [-0.2, 0) is 13.0 Å². The molecule has 1 atom stereocenters. The van der Waals surface area contributed by atoms with Gasteiger partial charge in [-0.05, 0) is 39.2 Å². The molecule has 0 saturated carbocycles. The molecule has 0 fully saturated rings. The highest BCUT2D eigenvalue weighted by Gasteiger charge is 2.23. The predicted molar refractivity (Wildman–Crippen MR) is 67.4 cm³/mol. The number of hydrogen-bond donors (Lipinski definition) is 1. The van der Waals surface area contributed by atoms with Gasteiger partial charge in [-0.2, -0.15) is 0 Å². The highest BCUT2D eigenvalue weighted by molar-refractivity contribution is 5.32. The minimum absolute atomic E-state index is 0.298. The first-order valence-electron chi connectivity index (χ1n) is 6.44. The van der Waals surface area contributed by atoms with E-state index in [2.05, 4.69) is 22.7 Å². The van der Waals surface area contributed by atoms with Crippen molar-refractivity contribution in [3.8, 4) is 0 Å². The lowest BCUT2D eigenvalue weighted by atomic mass is 9.95. The van der Waals surface area contributed by atoms with Gasteiger partial charge in [-0.25, -0.2) is 0 Å². The van der Waals surface area contributed by atoms with Crippen molar-refractivity contribution in [2.45, 2.75) is 45.8 Å². The molecule has 4 heteroatoms. The maximum absolute atomic E-state index is 10.0. The molecular weight excluding hydrogens is 228 g/mol. The second kappa shape index (κ2) is 4.28. The van der Waals surface area contributed by atoms with E-state index in [9.17, 15) is 5.11 Å². The number of fused-ring (bicyclic) bond motifs is 1. The lowest BCUT2D eigenvalue weighted by Gasteiger charge is -2.20. The zero-order chi connectivity index (χ0) is 12.7. The normalized spacial score (nSPS) is 18.9. The van der Waals surface area contributed by atoms with Gasteiger partial charge < -0.3 is 14.2 Å². The Morgan fingerprint density at radius 2 is 2.28 bits per heavy atom. The summed E-state index contributed by atoms with van der Waals surface area (Å²) in [6.07, 6.45) is 2.67. The van der Waals surface area contributed by atoms with Crippen LogP contribution >= 0.6 is 0 Å². The van der Waals surface area contributed by atoms with Gasteiger partial charge in [0.1, 0.15) is 11.5 Å². The first-order chi connectivity index (χ1) is 8.65. The number of aliphatic hydroxyl groups excluding tert-OH is 1. The summed E-state index contributed by atoms with van der Waals surface area (Å²) in [5.41, 5.74) is 4.47. The van der Waals surface area contributed by atoms with Crippen LogP contribution in [0.4, 0.5) is 0 Å². The molecular formula is C14H18N2O2. The maximum atomic E-state index is 10.0. The lowest BCUT2D eigenvalue weighted by Crippen LogP contribution is -2.13. The molecule has 2 aromatic heterocycles. The van der Waals surface area contributed by atoms with Crippen LogP contribution < -0.4 is 0 Å². The van der Waals surface area contributed by atoms with Crippen molar-refractivity contribution in [3.63, 3.8) is 0 Å². The third-order valence-corrected chi connectivity index (χ3v) is 3.70. The van der Waals surface area contributed by atoms with Gasteiger partial charge in [0.05, 0.1) is 12.6 Å². The molecule has 2 aromatic rings. The lowest BCUT2D eigenvalue weighted by molar-refractivity contribution is 0.155. The number of rotatable bonds is 2. The highest BCUT2D eigenvalue weighted by Crippen LogP contribution is 2.32. The molecule has 0 bridgehead atoms. The zero-order valence-electron chi connectivity index (χ0n) is 10.8. The minimum atomic E-state index is -0.298. The van der Waals surface area contributed by atoms with Gasteiger partial charge >= 0.3 is 0 Å². The molecule has 1 unspecified atom stereocenters. The molecule has 2 heterocycles. The number of nitrogens with zero attached hydrogens (tertiary/aromatic N) is 2. The molecule has 0 spiro atoms. The van der Waals surface area contributed by atoms with Crippen LogP contribution in [0.2, 0.25) is 0 Å². The summed E-state index contributed by atoms with van der Waals surface area (Å²) < 4.78 is 7.35. The van der Waals surface area contributed by atoms with Crippen LogP contribution in [0.3, 0.4) is 0 Å². The zero-order valence-corrected chi connectivity index (χ0v) is 10.8. The van der Waals surface area contributed by atoms with E-state index >= 15 is 0 Å². The molecule has 18 heavy (non-hydrogen) atoms. The monoisotopic (exact) mass is 246 g/mol. The van der Waals surface area contributed by atoms with E-state index in [0.717, 1.165) is 42.8 Å². The first-order valence-corrected chi connectivity index (χ1v) is 6.44. The average Bonchev–Trinajstić information content (AvgIpc) is 2.87. The Kier molecular flexibility index (Phi) is 2.74. The summed E-state index contributed by atoms with van der Waals surface area (Å²) in [4.78, 5) is 0. The molecule has 0 aromatic carbocycles. The largest absolute Gasteiger partial charge is 0.388 e. The van der Waals surface area contributed by atoms with E-state index in [-0.39, 0.29) is 6.10 Å². The van der Waals surface area contributed by atoms with Crippen molar-refractivity contribution in [3.05, 3.63) is 40.5 Å². The Balaban J connectivity index is 1.97. The Hall–Kier alpha value is -1.55. The summed E-state index contributed by atoms with van der Waals surface area (Å²) in [5, 5.41) is 14.1. The van der Waals surface area contributed by atoms with Gasteiger partial charge in [-0.15, -0.1) is 0 Å². The summed E-state index contributed by atoms with van der Waals surface area (Å²) in [7, 11) is 0. The Labute approximate surface area is 106 Å². The third kappa shape index (κ3) is 1.86. The van der Waals surface area contributed by atoms with Crippen LogP contribution in [-0.4, -0.2) is 14.8 Å². The second-order valence-corrected chi connectivity index (χ2v) is 5.11. The van der Waals surface area contributed by atoms with E-state index in [1.807, 2.05) is 13.0 Å². The Morgan fingerprint density at radius 3 is 3.00 bits per heavy atom. The summed E-state index contributed by atoms with van der Waals surface area (Å²) in [6.45, 7) is 4.71. The highest BCUT2D eigenvalue weighted by atomic mass is 16.5. The number of hydrogen-bond acceptors (Lipinski definition) is 3.